The highest BCUT2D eigenvalue weighted by atomic mass is 16.5. The molecule has 1 aromatic rings. The number of hydrogen-bond acceptors (Lipinski definition) is 4. The van der Waals surface area contributed by atoms with E-state index in [4.69, 9.17) is 4.74 Å². The Morgan fingerprint density at radius 2 is 2.40 bits per heavy atom. The number of methoxy groups -OCH3 is 1. The maximum absolute atomic E-state index is 11.8. The maximum atomic E-state index is 11.8. The van der Waals surface area contributed by atoms with Crippen molar-refractivity contribution >= 4 is 5.78 Å². The molecular formula is C11H14N2O2. The molecular weight excluding hydrogens is 192 g/mol. The van der Waals surface area contributed by atoms with Crippen molar-refractivity contribution in [3.8, 4) is 5.75 Å². The van der Waals surface area contributed by atoms with Gasteiger partial charge in [-0.2, -0.15) is 0 Å². The first-order valence-electron chi connectivity index (χ1n) is 5.02. The summed E-state index contributed by atoms with van der Waals surface area (Å²) in [6.45, 7) is 1.90. The third-order valence-electron chi connectivity index (χ3n) is 2.61. The highest BCUT2D eigenvalue weighted by molar-refractivity contribution is 5.96. The van der Waals surface area contributed by atoms with Crippen LogP contribution in [0.2, 0.25) is 0 Å². The van der Waals surface area contributed by atoms with Gasteiger partial charge in [-0.1, -0.05) is 0 Å². The average Bonchev–Trinajstić information content (AvgIpc) is 2.23. The van der Waals surface area contributed by atoms with E-state index >= 15 is 0 Å². The number of carbonyl (C=O) groups excluding carboxylic acids is 1. The standard InChI is InChI=1S/C11H14N2O2/c1-15-10-3-9(6-13-7-10)11(14)2-8-4-12-5-8/h3,6-8,12H,2,4-5H2,1H3. The minimum Gasteiger partial charge on any atom is -0.495 e. The first kappa shape index (κ1) is 10.1. The lowest BCUT2D eigenvalue weighted by molar-refractivity contribution is 0.0945. The normalized spacial score (nSPS) is 15.8. The van der Waals surface area contributed by atoms with Gasteiger partial charge >= 0.3 is 0 Å². The third kappa shape index (κ3) is 2.33. The summed E-state index contributed by atoms with van der Waals surface area (Å²) < 4.78 is 5.02. The fourth-order valence-corrected chi connectivity index (χ4v) is 1.56. The molecule has 0 saturated carbocycles. The van der Waals surface area contributed by atoms with E-state index in [-0.39, 0.29) is 5.78 Å². The Labute approximate surface area is 88.7 Å². The number of nitrogens with zero attached hydrogens (tertiary/aromatic N) is 1. The number of nitrogens with one attached hydrogen (secondary N) is 1. The Morgan fingerprint density at radius 3 is 3.00 bits per heavy atom. The number of rotatable bonds is 4. The third-order valence-corrected chi connectivity index (χ3v) is 2.61. The van der Waals surface area contributed by atoms with Crippen LogP contribution < -0.4 is 10.1 Å². The van der Waals surface area contributed by atoms with Gasteiger partial charge in [-0.15, -0.1) is 0 Å². The van der Waals surface area contributed by atoms with Gasteiger partial charge < -0.3 is 10.1 Å². The molecule has 4 nitrogen and oxygen atoms in total. The molecule has 80 valence electrons. The van der Waals surface area contributed by atoms with E-state index in [1.54, 1.807) is 25.6 Å². The van der Waals surface area contributed by atoms with Crippen molar-refractivity contribution in [2.45, 2.75) is 6.42 Å². The molecule has 1 aliphatic heterocycles. The molecule has 1 saturated heterocycles. The van der Waals surface area contributed by atoms with E-state index in [2.05, 4.69) is 10.3 Å². The van der Waals surface area contributed by atoms with Crippen LogP contribution >= 0.6 is 0 Å². The van der Waals surface area contributed by atoms with Crippen LogP contribution in [0.15, 0.2) is 18.5 Å². The quantitative estimate of drug-likeness (QED) is 0.743. The van der Waals surface area contributed by atoms with E-state index in [1.165, 1.54) is 0 Å². The predicted molar refractivity (Wildman–Crippen MR) is 56.1 cm³/mol. The van der Waals surface area contributed by atoms with Gasteiger partial charge in [0.2, 0.25) is 0 Å². The number of Topliss-reactive ketones (excluding diaryl/α,β-unsaturated/α-hetero) is 1. The monoisotopic (exact) mass is 206 g/mol. The van der Waals surface area contributed by atoms with Crippen LogP contribution in [0.25, 0.3) is 0 Å². The summed E-state index contributed by atoms with van der Waals surface area (Å²) in [4.78, 5) is 15.8. The Kier molecular flexibility index (Phi) is 2.97. The van der Waals surface area contributed by atoms with E-state index in [0.29, 0.717) is 23.7 Å². The summed E-state index contributed by atoms with van der Waals surface area (Å²) in [6, 6.07) is 1.74. The Morgan fingerprint density at radius 1 is 1.60 bits per heavy atom. The number of carbonyl (C=O) groups is 1. The second-order valence-corrected chi connectivity index (χ2v) is 3.77. The van der Waals surface area contributed by atoms with Crippen LogP contribution in [0, 0.1) is 5.92 Å². The predicted octanol–water partition coefficient (Wildman–Crippen LogP) is 0.882. The molecule has 4 heteroatoms. The zero-order valence-electron chi connectivity index (χ0n) is 8.69. The first-order valence-corrected chi connectivity index (χ1v) is 5.02. The minimum absolute atomic E-state index is 0.146. The summed E-state index contributed by atoms with van der Waals surface area (Å²) in [5.41, 5.74) is 0.640. The molecule has 2 heterocycles. The van der Waals surface area contributed by atoms with Gasteiger partial charge in [0, 0.05) is 18.2 Å². The smallest absolute Gasteiger partial charge is 0.164 e. The zero-order chi connectivity index (χ0) is 10.7. The lowest BCUT2D eigenvalue weighted by atomic mass is 9.94. The number of hydrogen-bond donors (Lipinski definition) is 1. The van der Waals surface area contributed by atoms with Crippen molar-refractivity contribution in [2.24, 2.45) is 5.92 Å². The second-order valence-electron chi connectivity index (χ2n) is 3.77. The van der Waals surface area contributed by atoms with Crippen molar-refractivity contribution in [3.63, 3.8) is 0 Å². The van der Waals surface area contributed by atoms with Crippen molar-refractivity contribution < 1.29 is 9.53 Å². The van der Waals surface area contributed by atoms with Crippen LogP contribution in [0.5, 0.6) is 5.75 Å². The van der Waals surface area contributed by atoms with Crippen molar-refractivity contribution in [3.05, 3.63) is 24.0 Å². The molecule has 0 amide bonds. The lowest BCUT2D eigenvalue weighted by Crippen LogP contribution is -2.42. The van der Waals surface area contributed by atoms with Gasteiger partial charge in [-0.05, 0) is 25.1 Å². The van der Waals surface area contributed by atoms with Crippen LogP contribution in [-0.4, -0.2) is 31.0 Å². The SMILES string of the molecule is COc1cncc(C(=O)CC2CNC2)c1. The van der Waals surface area contributed by atoms with Crippen LogP contribution in [0.1, 0.15) is 16.8 Å². The van der Waals surface area contributed by atoms with Gasteiger partial charge in [-0.25, -0.2) is 0 Å². The molecule has 15 heavy (non-hydrogen) atoms. The topological polar surface area (TPSA) is 51.2 Å². The van der Waals surface area contributed by atoms with Gasteiger partial charge in [0.05, 0.1) is 13.3 Å². The first-order chi connectivity index (χ1) is 7.29. The van der Waals surface area contributed by atoms with Crippen molar-refractivity contribution in [1.82, 2.24) is 10.3 Å². The summed E-state index contributed by atoms with van der Waals surface area (Å²) >= 11 is 0. The maximum Gasteiger partial charge on any atom is 0.164 e. The number of ether oxygens (including phenoxy) is 1. The van der Waals surface area contributed by atoms with Crippen molar-refractivity contribution in [1.29, 1.82) is 0 Å². The highest BCUT2D eigenvalue weighted by Crippen LogP contribution is 2.16. The summed E-state index contributed by atoms with van der Waals surface area (Å²) in [7, 11) is 1.57. The van der Waals surface area contributed by atoms with E-state index in [9.17, 15) is 4.79 Å². The van der Waals surface area contributed by atoms with Crippen LogP contribution in [0.4, 0.5) is 0 Å². The molecule has 1 aliphatic rings. The molecule has 0 bridgehead atoms. The highest BCUT2D eigenvalue weighted by Gasteiger charge is 2.21. The molecule has 0 aliphatic carbocycles. The molecule has 1 aromatic heterocycles. The molecule has 2 rings (SSSR count). The van der Waals surface area contributed by atoms with E-state index < -0.39 is 0 Å². The van der Waals surface area contributed by atoms with E-state index in [1.807, 2.05) is 0 Å². The Balaban J connectivity index is 2.03. The van der Waals surface area contributed by atoms with Crippen molar-refractivity contribution in [2.75, 3.05) is 20.2 Å². The number of pyridine rings is 1. The molecule has 0 atom stereocenters. The molecule has 1 fully saturated rings. The minimum atomic E-state index is 0.146. The fraction of sp³-hybridized carbons (Fsp3) is 0.455. The summed E-state index contributed by atoms with van der Waals surface area (Å²) in [6.07, 6.45) is 3.79. The van der Waals surface area contributed by atoms with Gasteiger partial charge in [-0.3, -0.25) is 9.78 Å². The van der Waals surface area contributed by atoms with Gasteiger partial charge in [0.1, 0.15) is 5.75 Å². The molecule has 0 unspecified atom stereocenters. The fourth-order valence-electron chi connectivity index (χ4n) is 1.56. The second kappa shape index (κ2) is 4.40. The van der Waals surface area contributed by atoms with Gasteiger partial charge in [0.25, 0.3) is 0 Å². The molecule has 0 aromatic carbocycles. The van der Waals surface area contributed by atoms with Crippen LogP contribution in [-0.2, 0) is 0 Å². The van der Waals surface area contributed by atoms with Crippen LogP contribution in [0.3, 0.4) is 0 Å². The Bertz CT molecular complexity index is 361. The molecule has 0 spiro atoms. The molecule has 1 N–H and O–H groups in total. The zero-order valence-corrected chi connectivity index (χ0v) is 8.69. The Hall–Kier alpha value is -1.42. The molecule has 0 radical (unpaired) electrons. The largest absolute Gasteiger partial charge is 0.495 e. The van der Waals surface area contributed by atoms with Gasteiger partial charge in [0.15, 0.2) is 5.78 Å². The number of aromatic nitrogens is 1. The lowest BCUT2D eigenvalue weighted by Gasteiger charge is -2.26. The summed E-state index contributed by atoms with van der Waals surface area (Å²) in [5, 5.41) is 3.15. The van der Waals surface area contributed by atoms with E-state index in [0.717, 1.165) is 13.1 Å². The number of ketones is 1. The summed E-state index contributed by atoms with van der Waals surface area (Å²) in [5.74, 6) is 1.27. The average molecular weight is 206 g/mol.